The number of amides is 2. The number of benzene rings is 1. The molecule has 0 saturated carbocycles. The Balaban J connectivity index is 1.74. The topological polar surface area (TPSA) is 52.6 Å². The molecule has 19 heavy (non-hydrogen) atoms. The number of hydrogen-bond donors (Lipinski definition) is 2. The van der Waals surface area contributed by atoms with Crippen LogP contribution in [0.4, 0.5) is 9.18 Å². The van der Waals surface area contributed by atoms with Crippen molar-refractivity contribution in [3.63, 3.8) is 0 Å². The molecule has 0 radical (unpaired) electrons. The molecule has 0 bridgehead atoms. The van der Waals surface area contributed by atoms with Gasteiger partial charge in [-0.2, -0.15) is 0 Å². The number of nitrogens with one attached hydrogen (secondary N) is 1. The van der Waals surface area contributed by atoms with Gasteiger partial charge in [0.15, 0.2) is 0 Å². The molecular formula is C14H19FN2O2. The summed E-state index contributed by atoms with van der Waals surface area (Å²) in [6.45, 7) is 1.55. The lowest BCUT2D eigenvalue weighted by molar-refractivity contribution is 0.0843. The smallest absolute Gasteiger partial charge is 0.317 e. The molecule has 1 heterocycles. The summed E-state index contributed by atoms with van der Waals surface area (Å²) in [5, 5.41) is 12.3. The molecule has 2 rings (SSSR count). The maximum absolute atomic E-state index is 13.0. The Morgan fingerprint density at radius 3 is 3.11 bits per heavy atom. The van der Waals surface area contributed by atoms with Gasteiger partial charge in [0, 0.05) is 19.6 Å². The van der Waals surface area contributed by atoms with Gasteiger partial charge in [-0.25, -0.2) is 9.18 Å². The number of nitrogens with zero attached hydrogens (tertiary/aromatic N) is 1. The van der Waals surface area contributed by atoms with Crippen LogP contribution in [-0.2, 0) is 6.42 Å². The van der Waals surface area contributed by atoms with Crippen LogP contribution in [0.3, 0.4) is 0 Å². The monoisotopic (exact) mass is 266 g/mol. The van der Waals surface area contributed by atoms with Crippen molar-refractivity contribution in [2.45, 2.75) is 25.4 Å². The lowest BCUT2D eigenvalue weighted by Crippen LogP contribution is -2.47. The van der Waals surface area contributed by atoms with Crippen molar-refractivity contribution >= 4 is 6.03 Å². The molecule has 1 atom stereocenters. The molecule has 1 aliphatic heterocycles. The predicted molar refractivity (Wildman–Crippen MR) is 70.3 cm³/mol. The molecule has 2 amide bonds. The Morgan fingerprint density at radius 2 is 2.37 bits per heavy atom. The average molecular weight is 266 g/mol. The molecule has 1 unspecified atom stereocenters. The molecule has 4 nitrogen and oxygen atoms in total. The Hall–Kier alpha value is -1.62. The lowest BCUT2D eigenvalue weighted by atomic mass is 10.1. The van der Waals surface area contributed by atoms with Gasteiger partial charge < -0.3 is 15.3 Å². The Labute approximate surface area is 112 Å². The molecule has 2 N–H and O–H groups in total. The summed E-state index contributed by atoms with van der Waals surface area (Å²) in [6.07, 6.45) is 1.77. The Morgan fingerprint density at radius 1 is 1.53 bits per heavy atom. The number of β-amino-alcohol motifs (C(OH)–C–C–N with tert-alkyl or cyclic N) is 1. The molecule has 0 aromatic heterocycles. The van der Waals surface area contributed by atoms with Crippen LogP contribution in [0.5, 0.6) is 0 Å². The fraction of sp³-hybridized carbons (Fsp3) is 0.500. The highest BCUT2D eigenvalue weighted by molar-refractivity contribution is 5.74. The lowest BCUT2D eigenvalue weighted by Gasteiger charge is -2.30. The number of hydrogen-bond acceptors (Lipinski definition) is 2. The van der Waals surface area contributed by atoms with E-state index in [1.807, 2.05) is 6.07 Å². The highest BCUT2D eigenvalue weighted by Crippen LogP contribution is 2.09. The number of aliphatic hydroxyl groups is 1. The second kappa shape index (κ2) is 6.52. The van der Waals surface area contributed by atoms with Crippen molar-refractivity contribution in [1.82, 2.24) is 10.2 Å². The first-order chi connectivity index (χ1) is 9.15. The van der Waals surface area contributed by atoms with E-state index in [9.17, 15) is 14.3 Å². The number of aliphatic hydroxyl groups excluding tert-OH is 1. The summed E-state index contributed by atoms with van der Waals surface area (Å²) in [6, 6.07) is 6.21. The third kappa shape index (κ3) is 4.21. The van der Waals surface area contributed by atoms with Crippen LogP contribution in [0.15, 0.2) is 24.3 Å². The van der Waals surface area contributed by atoms with Crippen LogP contribution >= 0.6 is 0 Å². The molecule has 1 fully saturated rings. The van der Waals surface area contributed by atoms with E-state index in [1.165, 1.54) is 12.1 Å². The summed E-state index contributed by atoms with van der Waals surface area (Å²) >= 11 is 0. The van der Waals surface area contributed by atoms with Gasteiger partial charge in [0.25, 0.3) is 0 Å². The number of rotatable bonds is 3. The zero-order valence-electron chi connectivity index (χ0n) is 10.8. The molecule has 1 saturated heterocycles. The van der Waals surface area contributed by atoms with E-state index in [0.717, 1.165) is 18.4 Å². The van der Waals surface area contributed by atoms with Crippen LogP contribution in [-0.4, -0.2) is 41.8 Å². The van der Waals surface area contributed by atoms with Crippen molar-refractivity contribution < 1.29 is 14.3 Å². The van der Waals surface area contributed by atoms with E-state index < -0.39 is 6.10 Å². The van der Waals surface area contributed by atoms with Crippen molar-refractivity contribution in [3.05, 3.63) is 35.6 Å². The van der Waals surface area contributed by atoms with E-state index in [-0.39, 0.29) is 11.8 Å². The van der Waals surface area contributed by atoms with Gasteiger partial charge in [0.05, 0.1) is 6.10 Å². The minimum atomic E-state index is -0.414. The van der Waals surface area contributed by atoms with E-state index in [1.54, 1.807) is 11.0 Å². The molecule has 0 spiro atoms. The van der Waals surface area contributed by atoms with Gasteiger partial charge in [-0.15, -0.1) is 0 Å². The van der Waals surface area contributed by atoms with E-state index in [4.69, 9.17) is 0 Å². The zero-order chi connectivity index (χ0) is 13.7. The third-order valence-corrected chi connectivity index (χ3v) is 3.26. The second-order valence-electron chi connectivity index (χ2n) is 4.85. The number of halogens is 1. The number of urea groups is 1. The largest absolute Gasteiger partial charge is 0.391 e. The first-order valence-electron chi connectivity index (χ1n) is 6.60. The van der Waals surface area contributed by atoms with Crippen molar-refractivity contribution in [2.75, 3.05) is 19.6 Å². The van der Waals surface area contributed by atoms with Crippen LogP contribution in [0.2, 0.25) is 0 Å². The van der Waals surface area contributed by atoms with Gasteiger partial charge in [-0.1, -0.05) is 12.1 Å². The maximum Gasteiger partial charge on any atom is 0.317 e. The van der Waals surface area contributed by atoms with E-state index in [0.29, 0.717) is 26.1 Å². The van der Waals surface area contributed by atoms with Crippen molar-refractivity contribution in [2.24, 2.45) is 0 Å². The predicted octanol–water partition coefficient (Wildman–Crippen LogP) is 1.53. The molecule has 1 aromatic rings. The standard InChI is InChI=1S/C14H19FN2O2/c15-12-4-1-3-11(9-12)6-7-16-14(19)17-8-2-5-13(18)10-17/h1,3-4,9,13,18H,2,5-8,10H2,(H,16,19). The molecule has 104 valence electrons. The highest BCUT2D eigenvalue weighted by Gasteiger charge is 2.21. The number of carbonyl (C=O) groups is 1. The molecule has 1 aromatic carbocycles. The minimum absolute atomic E-state index is 0.157. The molecule has 5 heteroatoms. The maximum atomic E-state index is 13.0. The first-order valence-corrected chi connectivity index (χ1v) is 6.60. The average Bonchev–Trinajstić information content (AvgIpc) is 2.38. The van der Waals surface area contributed by atoms with Crippen molar-refractivity contribution in [1.29, 1.82) is 0 Å². The summed E-state index contributed by atoms with van der Waals surface area (Å²) in [5.41, 5.74) is 0.860. The van der Waals surface area contributed by atoms with Crippen LogP contribution in [0, 0.1) is 5.82 Å². The molecule has 1 aliphatic rings. The van der Waals surface area contributed by atoms with E-state index in [2.05, 4.69) is 5.32 Å². The normalized spacial score (nSPS) is 19.3. The fourth-order valence-corrected chi connectivity index (χ4v) is 2.26. The summed E-state index contributed by atoms with van der Waals surface area (Å²) in [7, 11) is 0. The molecular weight excluding hydrogens is 247 g/mol. The molecule has 0 aliphatic carbocycles. The Kier molecular flexibility index (Phi) is 4.74. The second-order valence-corrected chi connectivity index (χ2v) is 4.85. The Bertz CT molecular complexity index is 439. The van der Waals surface area contributed by atoms with Crippen molar-refractivity contribution in [3.8, 4) is 0 Å². The number of piperidine rings is 1. The van der Waals surface area contributed by atoms with Gasteiger partial charge in [0.2, 0.25) is 0 Å². The van der Waals surface area contributed by atoms with Gasteiger partial charge in [-0.3, -0.25) is 0 Å². The third-order valence-electron chi connectivity index (χ3n) is 3.26. The quantitative estimate of drug-likeness (QED) is 0.872. The fourth-order valence-electron chi connectivity index (χ4n) is 2.26. The summed E-state index contributed by atoms with van der Waals surface area (Å²) in [5.74, 6) is -0.261. The number of likely N-dealkylation sites (tertiary alicyclic amines) is 1. The summed E-state index contributed by atoms with van der Waals surface area (Å²) in [4.78, 5) is 13.5. The van der Waals surface area contributed by atoms with Gasteiger partial charge in [-0.05, 0) is 37.0 Å². The SMILES string of the molecule is O=C(NCCc1cccc(F)c1)N1CCCC(O)C1. The van der Waals surface area contributed by atoms with Crippen LogP contribution in [0.1, 0.15) is 18.4 Å². The van der Waals surface area contributed by atoms with Gasteiger partial charge in [0.1, 0.15) is 5.82 Å². The van der Waals surface area contributed by atoms with Gasteiger partial charge >= 0.3 is 6.03 Å². The zero-order valence-corrected chi connectivity index (χ0v) is 10.8. The van der Waals surface area contributed by atoms with Crippen LogP contribution < -0.4 is 5.32 Å². The number of carbonyl (C=O) groups excluding carboxylic acids is 1. The first kappa shape index (κ1) is 13.8. The van der Waals surface area contributed by atoms with Crippen LogP contribution in [0.25, 0.3) is 0 Å². The summed E-state index contributed by atoms with van der Waals surface area (Å²) < 4.78 is 13.0. The van der Waals surface area contributed by atoms with E-state index >= 15 is 0 Å². The minimum Gasteiger partial charge on any atom is -0.391 e. The highest BCUT2D eigenvalue weighted by atomic mass is 19.1.